The van der Waals surface area contributed by atoms with Crippen molar-refractivity contribution < 1.29 is 13.5 Å². The number of alkyl halides is 2. The van der Waals surface area contributed by atoms with Crippen LogP contribution >= 0.6 is 24.0 Å². The van der Waals surface area contributed by atoms with Crippen molar-refractivity contribution in [3.05, 3.63) is 29.3 Å². The molecule has 0 saturated carbocycles. The topological polar surface area (TPSA) is 52.1 Å². The second-order valence-corrected chi connectivity index (χ2v) is 6.98. The lowest BCUT2D eigenvalue weighted by Gasteiger charge is -2.36. The van der Waals surface area contributed by atoms with Crippen molar-refractivity contribution in [2.75, 3.05) is 46.8 Å². The number of benzene rings is 1. The SMILES string of the molecule is CN=C(NCc1cc(C)ccc1OC(F)F)NCC(C)N1CCN(C)CC1.I. The van der Waals surface area contributed by atoms with E-state index in [4.69, 9.17) is 0 Å². The van der Waals surface area contributed by atoms with Gasteiger partial charge in [0.2, 0.25) is 0 Å². The number of ether oxygens (including phenoxy) is 1. The Morgan fingerprint density at radius 2 is 1.89 bits per heavy atom. The number of likely N-dealkylation sites (N-methyl/N-ethyl adjacent to an activating group) is 1. The van der Waals surface area contributed by atoms with Gasteiger partial charge in [-0.3, -0.25) is 9.89 Å². The van der Waals surface area contributed by atoms with E-state index in [1.54, 1.807) is 19.2 Å². The zero-order valence-electron chi connectivity index (χ0n) is 17.0. The average molecular weight is 511 g/mol. The van der Waals surface area contributed by atoms with Crippen LogP contribution in [0.2, 0.25) is 0 Å². The summed E-state index contributed by atoms with van der Waals surface area (Å²) in [5, 5.41) is 6.50. The van der Waals surface area contributed by atoms with Gasteiger partial charge in [-0.25, -0.2) is 0 Å². The number of halogens is 3. The van der Waals surface area contributed by atoms with Crippen molar-refractivity contribution in [2.45, 2.75) is 33.0 Å². The number of nitrogens with one attached hydrogen (secondary N) is 2. The average Bonchev–Trinajstić information content (AvgIpc) is 2.64. The predicted molar refractivity (Wildman–Crippen MR) is 120 cm³/mol. The van der Waals surface area contributed by atoms with Gasteiger partial charge < -0.3 is 20.3 Å². The highest BCUT2D eigenvalue weighted by Gasteiger charge is 2.19. The van der Waals surface area contributed by atoms with E-state index in [1.807, 2.05) is 13.0 Å². The molecule has 28 heavy (non-hydrogen) atoms. The third-order valence-corrected chi connectivity index (χ3v) is 4.83. The molecule has 1 aliphatic heterocycles. The quantitative estimate of drug-likeness (QED) is 0.335. The maximum absolute atomic E-state index is 12.6. The number of piperazine rings is 1. The van der Waals surface area contributed by atoms with Crippen molar-refractivity contribution in [1.82, 2.24) is 20.4 Å². The van der Waals surface area contributed by atoms with E-state index in [0.717, 1.165) is 38.3 Å². The van der Waals surface area contributed by atoms with Crippen LogP contribution < -0.4 is 15.4 Å². The lowest BCUT2D eigenvalue weighted by molar-refractivity contribution is -0.0504. The maximum Gasteiger partial charge on any atom is 0.387 e. The van der Waals surface area contributed by atoms with E-state index in [1.165, 1.54) is 0 Å². The Bertz CT molecular complexity index is 624. The molecule has 6 nitrogen and oxygen atoms in total. The minimum Gasteiger partial charge on any atom is -0.434 e. The number of rotatable bonds is 7. The summed E-state index contributed by atoms with van der Waals surface area (Å²) in [7, 11) is 3.84. The number of guanidine groups is 1. The first-order valence-electron chi connectivity index (χ1n) is 9.30. The lowest BCUT2D eigenvalue weighted by Crippen LogP contribution is -2.52. The van der Waals surface area contributed by atoms with Crippen LogP contribution in [0.1, 0.15) is 18.1 Å². The van der Waals surface area contributed by atoms with Gasteiger partial charge in [-0.05, 0) is 27.0 Å². The molecule has 2 N–H and O–H groups in total. The Morgan fingerprint density at radius 1 is 1.21 bits per heavy atom. The summed E-state index contributed by atoms with van der Waals surface area (Å²) in [5.41, 5.74) is 1.66. The van der Waals surface area contributed by atoms with E-state index in [9.17, 15) is 8.78 Å². The first kappa shape index (κ1) is 24.8. The first-order chi connectivity index (χ1) is 12.9. The highest BCUT2D eigenvalue weighted by atomic mass is 127. The Labute approximate surface area is 183 Å². The van der Waals surface area contributed by atoms with Crippen molar-refractivity contribution in [3.8, 4) is 5.75 Å². The summed E-state index contributed by atoms with van der Waals surface area (Å²) < 4.78 is 29.8. The lowest BCUT2D eigenvalue weighted by atomic mass is 10.1. The van der Waals surface area contributed by atoms with Gasteiger partial charge in [-0.1, -0.05) is 17.7 Å². The van der Waals surface area contributed by atoms with Crippen molar-refractivity contribution in [2.24, 2.45) is 4.99 Å². The third-order valence-electron chi connectivity index (χ3n) is 4.83. The van der Waals surface area contributed by atoms with Gasteiger partial charge in [0.25, 0.3) is 0 Å². The molecule has 9 heteroatoms. The molecular weight excluding hydrogens is 479 g/mol. The van der Waals surface area contributed by atoms with Crippen LogP contribution in [0, 0.1) is 6.92 Å². The second-order valence-electron chi connectivity index (χ2n) is 6.98. The molecule has 1 aromatic carbocycles. The van der Waals surface area contributed by atoms with E-state index < -0.39 is 6.61 Å². The summed E-state index contributed by atoms with van der Waals surface area (Å²) in [5.74, 6) is 0.824. The molecule has 0 aliphatic carbocycles. The van der Waals surface area contributed by atoms with Gasteiger partial charge in [-0.15, -0.1) is 24.0 Å². The minimum absolute atomic E-state index is 0. The fourth-order valence-corrected chi connectivity index (χ4v) is 3.09. The molecule has 1 heterocycles. The minimum atomic E-state index is -2.84. The van der Waals surface area contributed by atoms with Crippen LogP contribution in [-0.2, 0) is 6.54 Å². The van der Waals surface area contributed by atoms with Crippen LogP contribution in [-0.4, -0.2) is 75.2 Å². The fraction of sp³-hybridized carbons (Fsp3) is 0.632. The summed E-state index contributed by atoms with van der Waals surface area (Å²) in [6, 6.07) is 5.55. The van der Waals surface area contributed by atoms with Crippen LogP contribution in [0.15, 0.2) is 23.2 Å². The molecule has 1 fully saturated rings. The maximum atomic E-state index is 12.6. The summed E-state index contributed by atoms with van der Waals surface area (Å²) >= 11 is 0. The second kappa shape index (κ2) is 12.4. The number of aryl methyl sites for hydroxylation is 1. The standard InChI is InChI=1S/C19H31F2N5O.HI/c1-14-5-6-17(27-18(20)21)16(11-14)13-24-19(22-3)23-12-15(2)26-9-7-25(4)8-10-26;/h5-6,11,15,18H,7-10,12-13H2,1-4H3,(H2,22,23,24);1H. The fourth-order valence-electron chi connectivity index (χ4n) is 3.09. The zero-order valence-corrected chi connectivity index (χ0v) is 19.4. The Hall–Kier alpha value is -1.20. The third kappa shape index (κ3) is 8.04. The molecule has 0 radical (unpaired) electrons. The molecule has 2 rings (SSSR count). The largest absolute Gasteiger partial charge is 0.434 e. The first-order valence-corrected chi connectivity index (χ1v) is 9.30. The highest BCUT2D eigenvalue weighted by Crippen LogP contribution is 2.21. The van der Waals surface area contributed by atoms with E-state index >= 15 is 0 Å². The molecule has 0 aromatic heterocycles. The van der Waals surface area contributed by atoms with Crippen LogP contribution in [0.25, 0.3) is 0 Å². The molecule has 1 unspecified atom stereocenters. The highest BCUT2D eigenvalue weighted by molar-refractivity contribution is 14.0. The monoisotopic (exact) mass is 511 g/mol. The van der Waals surface area contributed by atoms with E-state index in [2.05, 4.69) is 44.1 Å². The number of aliphatic imine (C=N–C) groups is 1. The molecule has 0 amide bonds. The Morgan fingerprint density at radius 3 is 2.50 bits per heavy atom. The number of hydrogen-bond donors (Lipinski definition) is 2. The summed E-state index contributed by atoms with van der Waals surface area (Å²) in [4.78, 5) is 9.01. The smallest absolute Gasteiger partial charge is 0.387 e. The molecule has 1 aromatic rings. The van der Waals surface area contributed by atoms with Crippen molar-refractivity contribution in [3.63, 3.8) is 0 Å². The molecule has 160 valence electrons. The van der Waals surface area contributed by atoms with Crippen molar-refractivity contribution in [1.29, 1.82) is 0 Å². The van der Waals surface area contributed by atoms with E-state index in [0.29, 0.717) is 24.1 Å². The molecule has 0 bridgehead atoms. The number of hydrogen-bond acceptors (Lipinski definition) is 4. The molecule has 1 atom stereocenters. The van der Waals surface area contributed by atoms with Gasteiger partial charge in [0.1, 0.15) is 5.75 Å². The molecule has 1 aliphatic rings. The molecular formula is C19H32F2IN5O. The van der Waals surface area contributed by atoms with E-state index in [-0.39, 0.29) is 29.7 Å². The van der Waals surface area contributed by atoms with Gasteiger partial charge in [0, 0.05) is 57.9 Å². The Balaban J connectivity index is 0.00000392. The predicted octanol–water partition coefficient (Wildman–Crippen LogP) is 2.52. The molecule has 0 spiro atoms. The number of nitrogens with zero attached hydrogens (tertiary/aromatic N) is 3. The van der Waals surface area contributed by atoms with Gasteiger partial charge in [0.05, 0.1) is 0 Å². The summed E-state index contributed by atoms with van der Waals surface area (Å²) in [6.45, 7) is 6.67. The molecule has 1 saturated heterocycles. The normalized spacial score (nSPS) is 17.2. The van der Waals surface area contributed by atoms with Crippen LogP contribution in [0.5, 0.6) is 5.75 Å². The van der Waals surface area contributed by atoms with Gasteiger partial charge in [0.15, 0.2) is 5.96 Å². The van der Waals surface area contributed by atoms with Crippen molar-refractivity contribution >= 4 is 29.9 Å². The Kier molecular flexibility index (Phi) is 11.0. The van der Waals surface area contributed by atoms with Crippen LogP contribution in [0.4, 0.5) is 8.78 Å². The zero-order chi connectivity index (χ0) is 19.8. The van der Waals surface area contributed by atoms with Gasteiger partial charge in [-0.2, -0.15) is 8.78 Å². The van der Waals surface area contributed by atoms with Gasteiger partial charge >= 0.3 is 6.61 Å². The summed E-state index contributed by atoms with van der Waals surface area (Å²) in [6.07, 6.45) is 0. The van der Waals surface area contributed by atoms with Crippen LogP contribution in [0.3, 0.4) is 0 Å².